The van der Waals surface area contributed by atoms with Crippen molar-refractivity contribution in [1.82, 2.24) is 0 Å². The number of aromatic hydroxyl groups is 1. The number of aryl methyl sites for hydroxylation is 1. The highest BCUT2D eigenvalue weighted by Crippen LogP contribution is 2.38. The molecule has 3 rings (SSSR count). The van der Waals surface area contributed by atoms with Gasteiger partial charge in [-0.3, -0.25) is 0 Å². The summed E-state index contributed by atoms with van der Waals surface area (Å²) in [5.41, 5.74) is 2.68. The Kier molecular flexibility index (Phi) is 3.75. The minimum atomic E-state index is -4.61. The third-order valence-electron chi connectivity index (χ3n) is 4.06. The number of rotatable bonds is 1. The Morgan fingerprint density at radius 3 is 2.30 bits per heavy atom. The molecule has 0 aliphatic heterocycles. The van der Waals surface area contributed by atoms with Crippen LogP contribution in [0.1, 0.15) is 23.1 Å². The second-order valence-corrected chi connectivity index (χ2v) is 5.56. The maximum Gasteiger partial charge on any atom is 0.419 e. The second kappa shape index (κ2) is 5.61. The van der Waals surface area contributed by atoms with Gasteiger partial charge >= 0.3 is 6.18 Å². The summed E-state index contributed by atoms with van der Waals surface area (Å²) in [6.45, 7) is 0. The van der Waals surface area contributed by atoms with E-state index in [2.05, 4.69) is 5.16 Å². The summed E-state index contributed by atoms with van der Waals surface area (Å²) in [5.74, 6) is -0.783. The van der Waals surface area contributed by atoms with Crippen LogP contribution in [0.2, 0.25) is 0 Å². The highest BCUT2D eigenvalue weighted by atomic mass is 19.4. The van der Waals surface area contributed by atoms with Crippen LogP contribution in [-0.2, 0) is 19.0 Å². The van der Waals surface area contributed by atoms with E-state index in [0.29, 0.717) is 29.7 Å². The molecular weight excluding hydrogens is 307 g/mol. The average Bonchev–Trinajstić information content (AvgIpc) is 2.53. The SMILES string of the molecule is O/N=C1/CCc2ccc(-c3ccc(O)c(C(F)(F)F)c3)cc2C1. The van der Waals surface area contributed by atoms with Gasteiger partial charge in [0, 0.05) is 6.42 Å². The third kappa shape index (κ3) is 3.02. The Morgan fingerprint density at radius 2 is 1.61 bits per heavy atom. The van der Waals surface area contributed by atoms with Crippen molar-refractivity contribution in [3.63, 3.8) is 0 Å². The zero-order valence-corrected chi connectivity index (χ0v) is 12.1. The molecule has 0 fully saturated rings. The van der Waals surface area contributed by atoms with E-state index < -0.39 is 17.5 Å². The zero-order valence-electron chi connectivity index (χ0n) is 12.1. The van der Waals surface area contributed by atoms with E-state index >= 15 is 0 Å². The van der Waals surface area contributed by atoms with Gasteiger partial charge in [-0.2, -0.15) is 13.2 Å². The fourth-order valence-electron chi connectivity index (χ4n) is 2.83. The van der Waals surface area contributed by atoms with E-state index in [9.17, 15) is 18.3 Å². The Bertz CT molecular complexity index is 782. The molecule has 0 amide bonds. The van der Waals surface area contributed by atoms with E-state index in [1.807, 2.05) is 12.1 Å². The smallest absolute Gasteiger partial charge is 0.419 e. The number of phenols is 1. The molecule has 0 saturated carbocycles. The predicted molar refractivity (Wildman–Crippen MR) is 79.8 cm³/mol. The average molecular weight is 321 g/mol. The van der Waals surface area contributed by atoms with E-state index in [1.54, 1.807) is 6.07 Å². The Balaban J connectivity index is 2.03. The van der Waals surface area contributed by atoms with E-state index in [0.717, 1.165) is 29.7 Å². The van der Waals surface area contributed by atoms with Gasteiger partial charge in [-0.25, -0.2) is 0 Å². The number of benzene rings is 2. The van der Waals surface area contributed by atoms with Crippen molar-refractivity contribution in [3.8, 4) is 16.9 Å². The van der Waals surface area contributed by atoms with Gasteiger partial charge in [0.15, 0.2) is 0 Å². The highest BCUT2D eigenvalue weighted by Gasteiger charge is 2.34. The summed E-state index contributed by atoms with van der Waals surface area (Å²) < 4.78 is 38.7. The van der Waals surface area contributed by atoms with Crippen molar-refractivity contribution in [2.75, 3.05) is 0 Å². The van der Waals surface area contributed by atoms with Crippen molar-refractivity contribution in [1.29, 1.82) is 0 Å². The number of phenolic OH excluding ortho intramolecular Hbond substituents is 1. The molecule has 0 saturated heterocycles. The van der Waals surface area contributed by atoms with Crippen LogP contribution in [0.4, 0.5) is 13.2 Å². The van der Waals surface area contributed by atoms with Crippen LogP contribution in [-0.4, -0.2) is 16.0 Å². The summed E-state index contributed by atoms with van der Waals surface area (Å²) in [7, 11) is 0. The van der Waals surface area contributed by atoms with Crippen molar-refractivity contribution >= 4 is 5.71 Å². The van der Waals surface area contributed by atoms with Gasteiger partial charge in [0.05, 0.1) is 11.3 Å². The molecule has 0 radical (unpaired) electrons. The summed E-state index contributed by atoms with van der Waals surface area (Å²) in [4.78, 5) is 0. The first-order valence-corrected chi connectivity index (χ1v) is 7.10. The first-order valence-electron chi connectivity index (χ1n) is 7.10. The maximum atomic E-state index is 12.9. The molecule has 3 nitrogen and oxygen atoms in total. The summed E-state index contributed by atoms with van der Waals surface area (Å²) in [5, 5.41) is 21.5. The molecule has 0 atom stereocenters. The number of fused-ring (bicyclic) bond motifs is 1. The monoisotopic (exact) mass is 321 g/mol. The van der Waals surface area contributed by atoms with Gasteiger partial charge < -0.3 is 10.3 Å². The molecule has 6 heteroatoms. The van der Waals surface area contributed by atoms with Crippen LogP contribution in [0.5, 0.6) is 5.75 Å². The highest BCUT2D eigenvalue weighted by molar-refractivity contribution is 5.88. The summed E-state index contributed by atoms with van der Waals surface area (Å²) in [6, 6.07) is 8.92. The predicted octanol–water partition coefficient (Wildman–Crippen LogP) is 4.40. The minimum absolute atomic E-state index is 0.381. The molecule has 2 N–H and O–H groups in total. The van der Waals surface area contributed by atoms with Crippen LogP contribution >= 0.6 is 0 Å². The van der Waals surface area contributed by atoms with Crippen LogP contribution in [0.3, 0.4) is 0 Å². The fourth-order valence-corrected chi connectivity index (χ4v) is 2.83. The number of oxime groups is 1. The number of alkyl halides is 3. The van der Waals surface area contributed by atoms with Gasteiger partial charge in [0.1, 0.15) is 5.75 Å². The number of hydrogen-bond donors (Lipinski definition) is 2. The van der Waals surface area contributed by atoms with Crippen LogP contribution in [0.15, 0.2) is 41.6 Å². The van der Waals surface area contributed by atoms with Gasteiger partial charge in [0.2, 0.25) is 0 Å². The first-order chi connectivity index (χ1) is 10.9. The lowest BCUT2D eigenvalue weighted by Gasteiger charge is -2.18. The van der Waals surface area contributed by atoms with E-state index in [-0.39, 0.29) is 0 Å². The van der Waals surface area contributed by atoms with Gasteiger partial charge in [-0.05, 0) is 47.2 Å². The van der Waals surface area contributed by atoms with Crippen molar-refractivity contribution in [2.24, 2.45) is 5.16 Å². The standard InChI is InChI=1S/C17H14F3NO2/c18-17(19,20)15-9-12(4-6-16(15)22)11-2-1-10-3-5-14(21-23)8-13(10)7-11/h1-2,4,6-7,9,22-23H,3,5,8H2/b21-14-. The molecule has 0 unspecified atom stereocenters. The van der Waals surface area contributed by atoms with Crippen molar-refractivity contribution in [2.45, 2.75) is 25.4 Å². The lowest BCUT2D eigenvalue weighted by molar-refractivity contribution is -0.138. The molecule has 1 aliphatic rings. The quantitative estimate of drug-likeness (QED) is 0.604. The number of nitrogens with zero attached hydrogens (tertiary/aromatic N) is 1. The molecule has 2 aromatic carbocycles. The molecule has 1 aliphatic carbocycles. The van der Waals surface area contributed by atoms with Crippen LogP contribution in [0, 0.1) is 0 Å². The maximum absolute atomic E-state index is 12.9. The minimum Gasteiger partial charge on any atom is -0.507 e. The van der Waals surface area contributed by atoms with Gasteiger partial charge in [-0.15, -0.1) is 0 Å². The molecule has 0 spiro atoms. The second-order valence-electron chi connectivity index (χ2n) is 5.56. The Morgan fingerprint density at radius 1 is 0.913 bits per heavy atom. The van der Waals surface area contributed by atoms with Gasteiger partial charge in [-0.1, -0.05) is 29.4 Å². The summed E-state index contributed by atoms with van der Waals surface area (Å²) in [6.07, 6.45) is -2.69. The largest absolute Gasteiger partial charge is 0.507 e. The number of hydrogen-bond acceptors (Lipinski definition) is 3. The Labute approximate surface area is 130 Å². The van der Waals surface area contributed by atoms with Crippen molar-refractivity contribution in [3.05, 3.63) is 53.1 Å². The zero-order chi connectivity index (χ0) is 16.6. The summed E-state index contributed by atoms with van der Waals surface area (Å²) >= 11 is 0. The molecule has 0 aromatic heterocycles. The first kappa shape index (κ1) is 15.4. The molecule has 120 valence electrons. The lowest BCUT2D eigenvalue weighted by atomic mass is 9.88. The molecule has 23 heavy (non-hydrogen) atoms. The van der Waals surface area contributed by atoms with Crippen LogP contribution < -0.4 is 0 Å². The lowest BCUT2D eigenvalue weighted by Crippen LogP contribution is -2.13. The third-order valence-corrected chi connectivity index (χ3v) is 4.06. The Hall–Kier alpha value is -2.50. The van der Waals surface area contributed by atoms with Crippen LogP contribution in [0.25, 0.3) is 11.1 Å². The normalized spacial score (nSPS) is 16.4. The molecule has 2 aromatic rings. The van der Waals surface area contributed by atoms with E-state index in [4.69, 9.17) is 5.21 Å². The van der Waals surface area contributed by atoms with Crippen molar-refractivity contribution < 1.29 is 23.5 Å². The molecule has 0 heterocycles. The fraction of sp³-hybridized carbons (Fsp3) is 0.235. The van der Waals surface area contributed by atoms with E-state index in [1.165, 1.54) is 6.07 Å². The molecule has 0 bridgehead atoms. The molecular formula is C17H14F3NO2. The number of halogens is 3. The topological polar surface area (TPSA) is 52.8 Å². The van der Waals surface area contributed by atoms with Gasteiger partial charge in [0.25, 0.3) is 0 Å².